The number of carbonyl (C=O) groups excluding carboxylic acids is 2. The first-order valence-electron chi connectivity index (χ1n) is 9.79. The Labute approximate surface area is 180 Å². The van der Waals surface area contributed by atoms with E-state index < -0.39 is 0 Å². The number of nitrogens with zero attached hydrogens (tertiary/aromatic N) is 4. The van der Waals surface area contributed by atoms with Gasteiger partial charge in [0.05, 0.1) is 5.54 Å². The highest BCUT2D eigenvalue weighted by molar-refractivity contribution is 14.0. The molecule has 2 rings (SSSR count). The maximum Gasteiger partial charge on any atom is 0.243 e. The molecule has 1 saturated heterocycles. The van der Waals surface area contributed by atoms with E-state index in [2.05, 4.69) is 34.0 Å². The molecule has 1 N–H and O–H groups in total. The average Bonchev–Trinajstić information content (AvgIpc) is 2.58. The van der Waals surface area contributed by atoms with Crippen molar-refractivity contribution in [2.24, 2.45) is 4.99 Å². The van der Waals surface area contributed by atoms with E-state index in [-0.39, 0.29) is 53.9 Å². The van der Waals surface area contributed by atoms with Gasteiger partial charge in [-0.05, 0) is 26.7 Å². The molecule has 7 nitrogen and oxygen atoms in total. The van der Waals surface area contributed by atoms with Gasteiger partial charge in [0.25, 0.3) is 0 Å². The molecule has 156 valence electrons. The van der Waals surface area contributed by atoms with Crippen molar-refractivity contribution in [2.75, 3.05) is 40.3 Å². The summed E-state index contributed by atoms with van der Waals surface area (Å²) in [5, 5.41) is 3.41. The predicted molar refractivity (Wildman–Crippen MR) is 119 cm³/mol. The fourth-order valence-corrected chi connectivity index (χ4v) is 4.07. The first-order chi connectivity index (χ1) is 12.2. The molecule has 0 aromatic rings. The SMILES string of the molecule is CC(=O)N1CCN(C(=NCC(=O)N(C)C)NC(C)C)CC12CCCCC2.I. The molecular formula is C19H36IN5O2. The van der Waals surface area contributed by atoms with E-state index in [1.165, 1.54) is 19.3 Å². The normalized spacial score (nSPS) is 19.7. The lowest BCUT2D eigenvalue weighted by Gasteiger charge is -2.53. The summed E-state index contributed by atoms with van der Waals surface area (Å²) in [4.78, 5) is 34.7. The molecule has 1 aliphatic heterocycles. The van der Waals surface area contributed by atoms with Crippen LogP contribution in [0.25, 0.3) is 0 Å². The lowest BCUT2D eigenvalue weighted by atomic mass is 9.78. The molecule has 2 aliphatic rings. The van der Waals surface area contributed by atoms with E-state index in [0.717, 1.165) is 38.4 Å². The molecule has 0 aromatic heterocycles. The van der Waals surface area contributed by atoms with Crippen LogP contribution in [-0.4, -0.2) is 84.3 Å². The summed E-state index contributed by atoms with van der Waals surface area (Å²) in [5.74, 6) is 0.941. The quantitative estimate of drug-likeness (QED) is 0.371. The van der Waals surface area contributed by atoms with Crippen molar-refractivity contribution in [1.29, 1.82) is 0 Å². The molecule has 1 aliphatic carbocycles. The van der Waals surface area contributed by atoms with Crippen LogP contribution >= 0.6 is 24.0 Å². The van der Waals surface area contributed by atoms with Crippen LogP contribution in [0, 0.1) is 0 Å². The van der Waals surface area contributed by atoms with Crippen LogP contribution in [0.5, 0.6) is 0 Å². The van der Waals surface area contributed by atoms with Gasteiger partial charge < -0.3 is 20.0 Å². The van der Waals surface area contributed by atoms with Crippen molar-refractivity contribution in [3.8, 4) is 0 Å². The third-order valence-electron chi connectivity index (χ3n) is 5.40. The molecule has 1 heterocycles. The number of hydrogen-bond acceptors (Lipinski definition) is 3. The molecule has 0 aromatic carbocycles. The second-order valence-corrected chi connectivity index (χ2v) is 8.10. The van der Waals surface area contributed by atoms with Gasteiger partial charge in [0.1, 0.15) is 6.54 Å². The molecule has 2 fully saturated rings. The summed E-state index contributed by atoms with van der Waals surface area (Å²) in [7, 11) is 3.49. The summed E-state index contributed by atoms with van der Waals surface area (Å²) in [5.41, 5.74) is -0.0900. The lowest BCUT2D eigenvalue weighted by molar-refractivity contribution is -0.140. The third-order valence-corrected chi connectivity index (χ3v) is 5.40. The Balaban J connectivity index is 0.00000364. The fraction of sp³-hybridized carbons (Fsp3) is 0.842. The number of halogens is 1. The van der Waals surface area contributed by atoms with Gasteiger partial charge in [0.2, 0.25) is 11.8 Å². The minimum absolute atomic E-state index is 0. The monoisotopic (exact) mass is 493 g/mol. The van der Waals surface area contributed by atoms with Gasteiger partial charge in [-0.2, -0.15) is 0 Å². The molecule has 27 heavy (non-hydrogen) atoms. The number of hydrogen-bond donors (Lipinski definition) is 1. The maximum atomic E-state index is 12.2. The van der Waals surface area contributed by atoms with Gasteiger partial charge in [-0.1, -0.05) is 19.3 Å². The highest BCUT2D eigenvalue weighted by atomic mass is 127. The largest absolute Gasteiger partial charge is 0.354 e. The standard InChI is InChI=1S/C19H35N5O2.HI/c1-15(2)21-18(20-13-17(26)22(4)5)23-11-12-24(16(3)25)19(14-23)9-7-6-8-10-19;/h15H,6-14H2,1-5H3,(H,20,21);1H. The second kappa shape index (κ2) is 10.5. The number of amides is 2. The lowest BCUT2D eigenvalue weighted by Crippen LogP contribution is -2.66. The van der Waals surface area contributed by atoms with Crippen LogP contribution in [0.2, 0.25) is 0 Å². The van der Waals surface area contributed by atoms with E-state index in [1.54, 1.807) is 25.9 Å². The van der Waals surface area contributed by atoms with Crippen LogP contribution in [0.15, 0.2) is 4.99 Å². The van der Waals surface area contributed by atoms with Crippen LogP contribution in [0.1, 0.15) is 52.9 Å². The topological polar surface area (TPSA) is 68.2 Å². The first kappa shape index (κ1) is 24.0. The van der Waals surface area contributed by atoms with Crippen molar-refractivity contribution in [3.63, 3.8) is 0 Å². The van der Waals surface area contributed by atoms with Crippen LogP contribution in [-0.2, 0) is 9.59 Å². The molecule has 1 saturated carbocycles. The van der Waals surface area contributed by atoms with Crippen LogP contribution < -0.4 is 5.32 Å². The fourth-order valence-electron chi connectivity index (χ4n) is 4.07. The molecule has 2 amide bonds. The minimum atomic E-state index is -0.0900. The first-order valence-corrected chi connectivity index (χ1v) is 9.79. The van der Waals surface area contributed by atoms with Gasteiger partial charge in [-0.25, -0.2) is 4.99 Å². The zero-order valence-electron chi connectivity index (χ0n) is 17.5. The Morgan fingerprint density at radius 2 is 1.78 bits per heavy atom. The maximum absolute atomic E-state index is 12.2. The molecule has 0 bridgehead atoms. The molecular weight excluding hydrogens is 457 g/mol. The van der Waals surface area contributed by atoms with Gasteiger partial charge >= 0.3 is 0 Å². The molecule has 0 atom stereocenters. The smallest absolute Gasteiger partial charge is 0.243 e. The number of carbonyl (C=O) groups is 2. The van der Waals surface area contributed by atoms with E-state index >= 15 is 0 Å². The summed E-state index contributed by atoms with van der Waals surface area (Å²) >= 11 is 0. The van der Waals surface area contributed by atoms with E-state index in [9.17, 15) is 9.59 Å². The van der Waals surface area contributed by atoms with Crippen molar-refractivity contribution >= 4 is 41.8 Å². The summed E-state index contributed by atoms with van der Waals surface area (Å²) in [6, 6.07) is 0.233. The number of likely N-dealkylation sites (N-methyl/N-ethyl adjacent to an activating group) is 1. The van der Waals surface area contributed by atoms with Crippen LogP contribution in [0.3, 0.4) is 0 Å². The molecule has 8 heteroatoms. The van der Waals surface area contributed by atoms with Gasteiger partial charge in [0, 0.05) is 46.7 Å². The zero-order chi connectivity index (χ0) is 19.3. The number of guanidine groups is 1. The number of piperazine rings is 1. The van der Waals surface area contributed by atoms with Crippen molar-refractivity contribution in [1.82, 2.24) is 20.0 Å². The molecule has 0 radical (unpaired) electrons. The Hall–Kier alpha value is -1.06. The van der Waals surface area contributed by atoms with Crippen LogP contribution in [0.4, 0.5) is 0 Å². The Morgan fingerprint density at radius 3 is 2.30 bits per heavy atom. The number of nitrogens with one attached hydrogen (secondary N) is 1. The van der Waals surface area contributed by atoms with Gasteiger partial charge in [-0.15, -0.1) is 24.0 Å². The number of aliphatic imine (C=N–C) groups is 1. The van der Waals surface area contributed by atoms with E-state index in [1.807, 2.05) is 0 Å². The Morgan fingerprint density at radius 1 is 1.15 bits per heavy atom. The second-order valence-electron chi connectivity index (χ2n) is 8.10. The molecule has 1 spiro atoms. The Kier molecular flexibility index (Phi) is 9.30. The van der Waals surface area contributed by atoms with E-state index in [4.69, 9.17) is 0 Å². The highest BCUT2D eigenvalue weighted by Crippen LogP contribution is 2.36. The van der Waals surface area contributed by atoms with Crippen molar-refractivity contribution < 1.29 is 9.59 Å². The third kappa shape index (κ3) is 6.22. The van der Waals surface area contributed by atoms with Crippen molar-refractivity contribution in [2.45, 2.75) is 64.5 Å². The average molecular weight is 493 g/mol. The molecule has 0 unspecified atom stereocenters. The van der Waals surface area contributed by atoms with Gasteiger partial charge in [-0.3, -0.25) is 9.59 Å². The predicted octanol–water partition coefficient (Wildman–Crippen LogP) is 1.91. The zero-order valence-corrected chi connectivity index (χ0v) is 19.8. The van der Waals surface area contributed by atoms with E-state index in [0.29, 0.717) is 0 Å². The summed E-state index contributed by atoms with van der Waals surface area (Å²) in [6.45, 7) is 8.23. The van der Waals surface area contributed by atoms with Crippen molar-refractivity contribution in [3.05, 3.63) is 0 Å². The number of rotatable bonds is 3. The summed E-state index contributed by atoms with van der Waals surface area (Å²) < 4.78 is 0. The minimum Gasteiger partial charge on any atom is -0.354 e. The Bertz CT molecular complexity index is 544. The highest BCUT2D eigenvalue weighted by Gasteiger charge is 2.44. The summed E-state index contributed by atoms with van der Waals surface area (Å²) in [6.07, 6.45) is 5.68. The van der Waals surface area contributed by atoms with Gasteiger partial charge in [0.15, 0.2) is 5.96 Å².